The van der Waals surface area contributed by atoms with Crippen LogP contribution in [0.25, 0.3) is 0 Å². The van der Waals surface area contributed by atoms with Gasteiger partial charge in [-0.05, 0) is 25.3 Å². The first kappa shape index (κ1) is 13.8. The topological polar surface area (TPSA) is 65.2 Å². The number of ketones is 1. The van der Waals surface area contributed by atoms with Gasteiger partial charge in [0.25, 0.3) is 0 Å². The molecule has 1 aromatic heterocycles. The summed E-state index contributed by atoms with van der Waals surface area (Å²) in [6, 6.07) is 5.62. The van der Waals surface area contributed by atoms with Crippen molar-refractivity contribution in [3.05, 3.63) is 41.0 Å². The van der Waals surface area contributed by atoms with Gasteiger partial charge in [0.15, 0.2) is 12.4 Å². The van der Waals surface area contributed by atoms with Crippen LogP contribution >= 0.6 is 0 Å². The van der Waals surface area contributed by atoms with E-state index in [4.69, 9.17) is 9.26 Å². The first-order chi connectivity index (χ1) is 10.3. The second-order valence-electron chi connectivity index (χ2n) is 5.20. The molecule has 2 aromatic rings. The molecule has 0 aliphatic heterocycles. The molecule has 0 spiro atoms. The van der Waals surface area contributed by atoms with Crippen molar-refractivity contribution in [3.63, 3.8) is 0 Å². The molecule has 1 aromatic carbocycles. The molecule has 1 aliphatic carbocycles. The monoisotopic (exact) mass is 286 g/mol. The van der Waals surface area contributed by atoms with Crippen molar-refractivity contribution in [2.24, 2.45) is 0 Å². The van der Waals surface area contributed by atoms with Crippen molar-refractivity contribution in [2.75, 3.05) is 0 Å². The summed E-state index contributed by atoms with van der Waals surface area (Å²) in [6.45, 7) is 2.32. The molecule has 0 radical (unpaired) electrons. The van der Waals surface area contributed by atoms with Crippen molar-refractivity contribution < 1.29 is 14.1 Å². The molecule has 0 amide bonds. The number of aryl methyl sites for hydroxylation is 1. The lowest BCUT2D eigenvalue weighted by molar-refractivity contribution is 0.0971. The summed E-state index contributed by atoms with van der Waals surface area (Å²) in [5.74, 6) is 2.13. The Kier molecular flexibility index (Phi) is 3.99. The Hall–Kier alpha value is -2.17. The Morgan fingerprint density at radius 3 is 3.10 bits per heavy atom. The van der Waals surface area contributed by atoms with Crippen LogP contribution in [0.3, 0.4) is 0 Å². The predicted octanol–water partition coefficient (Wildman–Crippen LogP) is 3.12. The number of Topliss-reactive ketones (excluding diaryl/α,β-unsaturated/α-hetero) is 1. The normalized spacial score (nSPS) is 14.0. The Bertz CT molecular complexity index is 649. The molecule has 0 bridgehead atoms. The van der Waals surface area contributed by atoms with Gasteiger partial charge in [-0.15, -0.1) is 0 Å². The van der Waals surface area contributed by atoms with E-state index in [0.29, 0.717) is 18.1 Å². The van der Waals surface area contributed by atoms with E-state index in [1.54, 1.807) is 0 Å². The van der Waals surface area contributed by atoms with Crippen molar-refractivity contribution in [1.29, 1.82) is 0 Å². The van der Waals surface area contributed by atoms with E-state index < -0.39 is 0 Å². The smallest absolute Gasteiger partial charge is 0.226 e. The number of hydrogen-bond acceptors (Lipinski definition) is 5. The Morgan fingerprint density at radius 1 is 1.33 bits per heavy atom. The van der Waals surface area contributed by atoms with Gasteiger partial charge in [0.2, 0.25) is 11.7 Å². The number of benzene rings is 1. The highest BCUT2D eigenvalue weighted by Crippen LogP contribution is 2.29. The van der Waals surface area contributed by atoms with E-state index in [1.165, 1.54) is 0 Å². The zero-order valence-electron chi connectivity index (χ0n) is 12.1. The lowest BCUT2D eigenvalue weighted by Gasteiger charge is -2.18. The minimum Gasteiger partial charge on any atom is -0.485 e. The second-order valence-corrected chi connectivity index (χ2v) is 5.20. The largest absolute Gasteiger partial charge is 0.485 e. The maximum absolute atomic E-state index is 11.9. The fourth-order valence-corrected chi connectivity index (χ4v) is 2.59. The summed E-state index contributed by atoms with van der Waals surface area (Å²) in [4.78, 5) is 16.2. The molecule has 0 N–H and O–H groups in total. The maximum atomic E-state index is 11.9. The van der Waals surface area contributed by atoms with Crippen LogP contribution in [-0.4, -0.2) is 15.9 Å². The number of carbonyl (C=O) groups excluding carboxylic acids is 1. The second kappa shape index (κ2) is 6.08. The molecular formula is C16H18N2O3. The van der Waals surface area contributed by atoms with Gasteiger partial charge < -0.3 is 9.26 Å². The molecular weight excluding hydrogens is 268 g/mol. The van der Waals surface area contributed by atoms with Crippen LogP contribution in [0.15, 0.2) is 22.7 Å². The van der Waals surface area contributed by atoms with Crippen molar-refractivity contribution in [2.45, 2.75) is 45.6 Å². The molecule has 5 heteroatoms. The van der Waals surface area contributed by atoms with E-state index in [2.05, 4.69) is 17.1 Å². The minimum atomic E-state index is 0.200. The lowest BCUT2D eigenvalue weighted by atomic mass is 9.90. The SMILES string of the molecule is CCCc1nc(COc2cccc3c2CCCC3=O)no1. The number of fused-ring (bicyclic) bond motifs is 1. The standard InChI is InChI=1S/C16H18N2O3/c1-2-5-16-17-15(18-21-16)10-20-14-9-4-6-11-12(14)7-3-8-13(11)19/h4,6,9H,2-3,5,7-8,10H2,1H3. The number of nitrogens with zero attached hydrogens (tertiary/aromatic N) is 2. The van der Waals surface area contributed by atoms with Gasteiger partial charge in [-0.25, -0.2) is 0 Å². The van der Waals surface area contributed by atoms with Gasteiger partial charge in [0.1, 0.15) is 5.75 Å². The molecule has 0 atom stereocenters. The van der Waals surface area contributed by atoms with Crippen LogP contribution in [-0.2, 0) is 19.4 Å². The van der Waals surface area contributed by atoms with E-state index in [-0.39, 0.29) is 12.4 Å². The number of carbonyl (C=O) groups is 1. The molecule has 0 fully saturated rings. The lowest BCUT2D eigenvalue weighted by Crippen LogP contribution is -2.12. The van der Waals surface area contributed by atoms with Crippen LogP contribution in [0.2, 0.25) is 0 Å². The first-order valence-corrected chi connectivity index (χ1v) is 7.37. The van der Waals surface area contributed by atoms with Crippen LogP contribution < -0.4 is 4.74 Å². The molecule has 1 heterocycles. The van der Waals surface area contributed by atoms with Crippen molar-refractivity contribution in [3.8, 4) is 5.75 Å². The third-order valence-electron chi connectivity index (χ3n) is 3.59. The van der Waals surface area contributed by atoms with E-state index in [9.17, 15) is 4.79 Å². The van der Waals surface area contributed by atoms with Gasteiger partial charge in [-0.1, -0.05) is 24.2 Å². The molecule has 0 saturated carbocycles. The van der Waals surface area contributed by atoms with Crippen LogP contribution in [0.4, 0.5) is 0 Å². The molecule has 0 saturated heterocycles. The Morgan fingerprint density at radius 2 is 2.24 bits per heavy atom. The van der Waals surface area contributed by atoms with Crippen LogP contribution in [0, 0.1) is 0 Å². The predicted molar refractivity (Wildman–Crippen MR) is 76.3 cm³/mol. The fourth-order valence-electron chi connectivity index (χ4n) is 2.59. The molecule has 5 nitrogen and oxygen atoms in total. The Labute approximate surface area is 123 Å². The maximum Gasteiger partial charge on any atom is 0.226 e. The summed E-state index contributed by atoms with van der Waals surface area (Å²) in [5.41, 5.74) is 1.80. The van der Waals surface area contributed by atoms with Gasteiger partial charge >= 0.3 is 0 Å². The van der Waals surface area contributed by atoms with E-state index in [1.807, 2.05) is 18.2 Å². The van der Waals surface area contributed by atoms with Crippen LogP contribution in [0.1, 0.15) is 53.8 Å². The minimum absolute atomic E-state index is 0.200. The quantitative estimate of drug-likeness (QED) is 0.845. The average Bonchev–Trinajstić information content (AvgIpc) is 2.94. The summed E-state index contributed by atoms with van der Waals surface area (Å²) in [6.07, 6.45) is 4.14. The van der Waals surface area contributed by atoms with Gasteiger partial charge in [-0.3, -0.25) is 4.79 Å². The average molecular weight is 286 g/mol. The Balaban J connectivity index is 1.73. The highest BCUT2D eigenvalue weighted by Gasteiger charge is 2.20. The third-order valence-corrected chi connectivity index (χ3v) is 3.59. The number of aromatic nitrogens is 2. The van der Waals surface area contributed by atoms with Crippen molar-refractivity contribution in [1.82, 2.24) is 10.1 Å². The highest BCUT2D eigenvalue weighted by atomic mass is 16.5. The zero-order valence-corrected chi connectivity index (χ0v) is 12.1. The number of hydrogen-bond donors (Lipinski definition) is 0. The third kappa shape index (κ3) is 2.96. The van der Waals surface area contributed by atoms with Crippen molar-refractivity contribution >= 4 is 5.78 Å². The summed E-state index contributed by atoms with van der Waals surface area (Å²) in [7, 11) is 0. The van der Waals surface area contributed by atoms with Gasteiger partial charge in [0.05, 0.1) is 0 Å². The molecule has 3 rings (SSSR count). The van der Waals surface area contributed by atoms with E-state index >= 15 is 0 Å². The summed E-state index contributed by atoms with van der Waals surface area (Å²) >= 11 is 0. The molecule has 1 aliphatic rings. The van der Waals surface area contributed by atoms with Gasteiger partial charge in [-0.2, -0.15) is 4.98 Å². The number of rotatable bonds is 5. The molecule has 0 unspecified atom stereocenters. The highest BCUT2D eigenvalue weighted by molar-refractivity contribution is 5.99. The number of ether oxygens (including phenoxy) is 1. The van der Waals surface area contributed by atoms with E-state index in [0.717, 1.165) is 42.6 Å². The zero-order chi connectivity index (χ0) is 14.7. The summed E-state index contributed by atoms with van der Waals surface area (Å²) < 4.78 is 10.9. The fraction of sp³-hybridized carbons (Fsp3) is 0.438. The molecule has 21 heavy (non-hydrogen) atoms. The first-order valence-electron chi connectivity index (χ1n) is 7.37. The van der Waals surface area contributed by atoms with Crippen LogP contribution in [0.5, 0.6) is 5.75 Å². The van der Waals surface area contributed by atoms with Gasteiger partial charge in [0, 0.05) is 24.0 Å². The summed E-state index contributed by atoms with van der Waals surface area (Å²) in [5, 5.41) is 3.90. The molecule has 110 valence electrons.